The Morgan fingerprint density at radius 2 is 2.10 bits per heavy atom. The monoisotopic (exact) mass is 348 g/mol. The third kappa shape index (κ3) is 3.80. The standard InChI is InChI=1S/C10H9ClN4O4S2/c1-5(16)12-9-13-14-10(20-9)21(18,19)15-7-4-6(11)2-3-8(7)17/h2-4,15,17H,1H3,(H,12,13,16). The molecule has 0 unspecified atom stereocenters. The van der Waals surface area contributed by atoms with E-state index in [0.717, 1.165) is 0 Å². The lowest BCUT2D eigenvalue weighted by molar-refractivity contribution is -0.114. The van der Waals surface area contributed by atoms with Crippen molar-refractivity contribution in [2.24, 2.45) is 0 Å². The van der Waals surface area contributed by atoms with E-state index in [9.17, 15) is 18.3 Å². The number of nitrogens with zero attached hydrogens (tertiary/aromatic N) is 2. The molecule has 2 rings (SSSR count). The highest BCUT2D eigenvalue weighted by Gasteiger charge is 2.22. The van der Waals surface area contributed by atoms with E-state index in [2.05, 4.69) is 20.2 Å². The van der Waals surface area contributed by atoms with Gasteiger partial charge >= 0.3 is 0 Å². The van der Waals surface area contributed by atoms with Crippen LogP contribution in [-0.4, -0.2) is 29.6 Å². The predicted octanol–water partition coefficient (Wildman–Crippen LogP) is 1.66. The first kappa shape index (κ1) is 15.5. The molecule has 0 bridgehead atoms. The van der Waals surface area contributed by atoms with Crippen molar-refractivity contribution < 1.29 is 18.3 Å². The maximum Gasteiger partial charge on any atom is 0.291 e. The minimum Gasteiger partial charge on any atom is -0.506 e. The molecule has 0 atom stereocenters. The Kier molecular flexibility index (Phi) is 4.30. The quantitative estimate of drug-likeness (QED) is 0.570. The molecular formula is C10H9ClN4O4S2. The number of halogens is 1. The van der Waals surface area contributed by atoms with Gasteiger partial charge in [-0.3, -0.25) is 9.52 Å². The number of phenols is 1. The lowest BCUT2D eigenvalue weighted by Gasteiger charge is -2.07. The summed E-state index contributed by atoms with van der Waals surface area (Å²) >= 11 is 6.41. The zero-order valence-corrected chi connectivity index (χ0v) is 12.9. The van der Waals surface area contributed by atoms with Gasteiger partial charge in [0.15, 0.2) is 0 Å². The van der Waals surface area contributed by atoms with Crippen molar-refractivity contribution in [1.29, 1.82) is 0 Å². The normalized spacial score (nSPS) is 11.1. The first-order chi connectivity index (χ1) is 9.78. The number of hydrogen-bond donors (Lipinski definition) is 3. The highest BCUT2D eigenvalue weighted by molar-refractivity contribution is 7.94. The number of carbonyl (C=O) groups excluding carboxylic acids is 1. The molecule has 1 amide bonds. The molecule has 1 heterocycles. The molecule has 11 heteroatoms. The number of anilines is 2. The number of carbonyl (C=O) groups is 1. The zero-order valence-electron chi connectivity index (χ0n) is 10.5. The molecule has 0 aliphatic carbocycles. The van der Waals surface area contributed by atoms with Crippen LogP contribution in [0.25, 0.3) is 0 Å². The molecular weight excluding hydrogens is 340 g/mol. The van der Waals surface area contributed by atoms with Crippen LogP contribution in [0.15, 0.2) is 22.5 Å². The van der Waals surface area contributed by atoms with Gasteiger partial charge in [0.1, 0.15) is 5.75 Å². The molecule has 0 saturated carbocycles. The van der Waals surface area contributed by atoms with Crippen molar-refractivity contribution in [2.75, 3.05) is 10.0 Å². The number of aromatic nitrogens is 2. The maximum absolute atomic E-state index is 12.1. The molecule has 3 N–H and O–H groups in total. The third-order valence-corrected chi connectivity index (χ3v) is 4.93. The first-order valence-electron chi connectivity index (χ1n) is 5.40. The van der Waals surface area contributed by atoms with E-state index in [1.807, 2.05) is 0 Å². The fourth-order valence-corrected chi connectivity index (χ4v) is 3.48. The summed E-state index contributed by atoms with van der Waals surface area (Å²) in [6.45, 7) is 1.26. The van der Waals surface area contributed by atoms with Crippen LogP contribution in [0.2, 0.25) is 5.02 Å². The molecule has 0 spiro atoms. The van der Waals surface area contributed by atoms with Crippen LogP contribution >= 0.6 is 22.9 Å². The van der Waals surface area contributed by atoms with E-state index >= 15 is 0 Å². The number of sulfonamides is 1. The van der Waals surface area contributed by atoms with Crippen molar-refractivity contribution in [3.05, 3.63) is 23.2 Å². The van der Waals surface area contributed by atoms with E-state index < -0.39 is 15.9 Å². The molecule has 0 fully saturated rings. The van der Waals surface area contributed by atoms with Gasteiger partial charge in [-0.05, 0) is 18.2 Å². The number of nitrogens with one attached hydrogen (secondary N) is 2. The summed E-state index contributed by atoms with van der Waals surface area (Å²) in [5.41, 5.74) is -0.0845. The van der Waals surface area contributed by atoms with Gasteiger partial charge in [0.05, 0.1) is 5.69 Å². The molecule has 0 aliphatic heterocycles. The van der Waals surface area contributed by atoms with Crippen LogP contribution in [0, 0.1) is 0 Å². The number of amides is 1. The van der Waals surface area contributed by atoms with Crippen LogP contribution in [-0.2, 0) is 14.8 Å². The Bertz CT molecular complexity index is 790. The van der Waals surface area contributed by atoms with E-state index in [-0.39, 0.29) is 25.9 Å². The van der Waals surface area contributed by atoms with Crippen LogP contribution in [0.1, 0.15) is 6.92 Å². The minimum atomic E-state index is -4.04. The second kappa shape index (κ2) is 5.84. The second-order valence-corrected chi connectivity index (χ2v) is 7.09. The topological polar surface area (TPSA) is 121 Å². The Morgan fingerprint density at radius 3 is 2.76 bits per heavy atom. The lowest BCUT2D eigenvalue weighted by atomic mass is 10.3. The summed E-state index contributed by atoms with van der Waals surface area (Å²) in [6, 6.07) is 3.92. The molecule has 8 nitrogen and oxygen atoms in total. The van der Waals surface area contributed by atoms with Gasteiger partial charge in [0.25, 0.3) is 14.4 Å². The summed E-state index contributed by atoms with van der Waals surface area (Å²) in [5.74, 6) is -0.676. The summed E-state index contributed by atoms with van der Waals surface area (Å²) in [5, 5.41) is 19.2. The number of hydrogen-bond acceptors (Lipinski definition) is 7. The van der Waals surface area contributed by atoms with Crippen molar-refractivity contribution in [2.45, 2.75) is 11.3 Å². The molecule has 1 aromatic carbocycles. The number of aromatic hydroxyl groups is 1. The molecule has 2 aromatic rings. The Morgan fingerprint density at radius 1 is 1.38 bits per heavy atom. The van der Waals surface area contributed by atoms with Crippen LogP contribution < -0.4 is 10.0 Å². The molecule has 1 aromatic heterocycles. The van der Waals surface area contributed by atoms with Gasteiger partial charge in [-0.1, -0.05) is 22.9 Å². The highest BCUT2D eigenvalue weighted by Crippen LogP contribution is 2.29. The third-order valence-electron chi connectivity index (χ3n) is 2.12. The van der Waals surface area contributed by atoms with Crippen molar-refractivity contribution in [3.8, 4) is 5.75 Å². The lowest BCUT2D eigenvalue weighted by Crippen LogP contribution is -2.12. The fraction of sp³-hybridized carbons (Fsp3) is 0.100. The molecule has 0 radical (unpaired) electrons. The van der Waals surface area contributed by atoms with E-state index in [1.54, 1.807) is 0 Å². The van der Waals surface area contributed by atoms with E-state index in [1.165, 1.54) is 25.1 Å². The second-order valence-electron chi connectivity index (χ2n) is 3.82. The van der Waals surface area contributed by atoms with Gasteiger partial charge in [-0.15, -0.1) is 10.2 Å². The smallest absolute Gasteiger partial charge is 0.291 e. The van der Waals surface area contributed by atoms with Gasteiger partial charge in [-0.2, -0.15) is 8.42 Å². The highest BCUT2D eigenvalue weighted by atomic mass is 35.5. The van der Waals surface area contributed by atoms with Gasteiger partial charge in [-0.25, -0.2) is 0 Å². The fourth-order valence-electron chi connectivity index (χ4n) is 1.30. The summed E-state index contributed by atoms with van der Waals surface area (Å²) in [6.07, 6.45) is 0. The Balaban J connectivity index is 2.28. The average Bonchev–Trinajstić information content (AvgIpc) is 2.82. The molecule has 21 heavy (non-hydrogen) atoms. The van der Waals surface area contributed by atoms with Gasteiger partial charge in [0, 0.05) is 11.9 Å². The summed E-state index contributed by atoms with van der Waals surface area (Å²) < 4.78 is 26.0. The van der Waals surface area contributed by atoms with E-state index in [4.69, 9.17) is 11.6 Å². The molecule has 112 valence electrons. The van der Waals surface area contributed by atoms with Crippen molar-refractivity contribution in [3.63, 3.8) is 0 Å². The largest absolute Gasteiger partial charge is 0.506 e. The first-order valence-corrected chi connectivity index (χ1v) is 8.08. The number of phenolic OH excluding ortho intramolecular Hbond substituents is 1. The van der Waals surface area contributed by atoms with Crippen LogP contribution in [0.4, 0.5) is 10.8 Å². The SMILES string of the molecule is CC(=O)Nc1nnc(S(=O)(=O)Nc2cc(Cl)ccc2O)s1. The van der Waals surface area contributed by atoms with Crippen molar-refractivity contribution in [1.82, 2.24) is 10.2 Å². The summed E-state index contributed by atoms with van der Waals surface area (Å²) in [4.78, 5) is 10.9. The van der Waals surface area contributed by atoms with E-state index in [0.29, 0.717) is 11.3 Å². The molecule has 0 saturated heterocycles. The number of benzene rings is 1. The van der Waals surface area contributed by atoms with Crippen LogP contribution in [0.5, 0.6) is 5.75 Å². The van der Waals surface area contributed by atoms with Gasteiger partial charge in [0.2, 0.25) is 11.0 Å². The van der Waals surface area contributed by atoms with Gasteiger partial charge < -0.3 is 10.4 Å². The summed E-state index contributed by atoms with van der Waals surface area (Å²) in [7, 11) is -4.04. The minimum absolute atomic E-state index is 0.0539. The average molecular weight is 349 g/mol. The number of rotatable bonds is 4. The Labute approximate surface area is 128 Å². The predicted molar refractivity (Wildman–Crippen MR) is 78.1 cm³/mol. The van der Waals surface area contributed by atoms with Crippen molar-refractivity contribution >= 4 is 49.7 Å². The van der Waals surface area contributed by atoms with Crippen LogP contribution in [0.3, 0.4) is 0 Å². The Hall–Kier alpha value is -1.91. The molecule has 0 aliphatic rings. The zero-order chi connectivity index (χ0) is 15.6. The maximum atomic E-state index is 12.1.